The molecule has 3 unspecified atom stereocenters. The Morgan fingerprint density at radius 1 is 0.442 bits per heavy atom. The van der Waals surface area contributed by atoms with Crippen LogP contribution >= 0.6 is 22.3 Å². The first-order valence-electron chi connectivity index (χ1n) is 34.9. The van der Waals surface area contributed by atoms with E-state index in [9.17, 15) is 26.6 Å². The minimum atomic E-state index is -3.67. The Bertz CT molecular complexity index is 3780. The van der Waals surface area contributed by atoms with Crippen LogP contribution in [0.25, 0.3) is 0 Å². The molecule has 3 heterocycles. The van der Waals surface area contributed by atoms with Crippen LogP contribution in [0, 0.1) is 138 Å². The fraction of sp³-hybridized carbons (Fsp3) is 0.500. The van der Waals surface area contributed by atoms with Gasteiger partial charge in [-0.2, -0.15) is 13.3 Å². The van der Waals surface area contributed by atoms with Crippen molar-refractivity contribution in [3.63, 3.8) is 0 Å². The average molecular weight is 1790 g/mol. The Morgan fingerprint density at radius 3 is 0.933 bits per heavy atom. The van der Waals surface area contributed by atoms with Gasteiger partial charge in [0.25, 0.3) is 0 Å². The van der Waals surface area contributed by atoms with Gasteiger partial charge in [-0.3, -0.25) is 22.1 Å². The summed E-state index contributed by atoms with van der Waals surface area (Å²) in [7, 11) is -12.2. The predicted octanol–water partition coefficient (Wildman–Crippen LogP) is 16.7. The number of benzene rings is 6. The maximum atomic E-state index is 13.5. The molecule has 9 rings (SSSR count). The van der Waals surface area contributed by atoms with Crippen molar-refractivity contribution in [2.24, 2.45) is 0 Å². The van der Waals surface area contributed by atoms with Crippen molar-refractivity contribution in [1.29, 1.82) is 0 Å². The molecule has 6 aromatic carbocycles. The zero-order chi connectivity index (χ0) is 76.3. The normalized spacial score (nSPS) is 15.5. The first kappa shape index (κ1) is 98.3. The molecule has 0 amide bonds. The maximum absolute atomic E-state index is 13.5. The van der Waals surface area contributed by atoms with Crippen LogP contribution in [0.1, 0.15) is 135 Å². The minimum absolute atomic E-state index is 0. The van der Waals surface area contributed by atoms with Gasteiger partial charge < -0.3 is 52.1 Å². The van der Waals surface area contributed by atoms with Crippen LogP contribution in [0.15, 0.2) is 72.8 Å². The predicted molar refractivity (Wildman–Crippen MR) is 415 cm³/mol. The summed E-state index contributed by atoms with van der Waals surface area (Å²) < 4.78 is 102. The van der Waals surface area contributed by atoms with Crippen molar-refractivity contribution in [3.05, 3.63) is 186 Å². The van der Waals surface area contributed by atoms with E-state index in [0.29, 0.717) is 38.8 Å². The van der Waals surface area contributed by atoms with Crippen molar-refractivity contribution < 1.29 is 128 Å². The van der Waals surface area contributed by atoms with E-state index >= 15 is 0 Å². The summed E-state index contributed by atoms with van der Waals surface area (Å²) in [4.78, 5) is 11.6. The first-order chi connectivity index (χ1) is 47.3. The van der Waals surface area contributed by atoms with E-state index in [0.717, 1.165) is 25.8 Å². The molecular weight excluding hydrogens is 1670 g/mol. The van der Waals surface area contributed by atoms with E-state index in [2.05, 4.69) is 246 Å². The molecule has 0 saturated carbocycles. The second-order valence-electron chi connectivity index (χ2n) is 27.5. The zero-order valence-electron chi connectivity index (χ0n) is 65.9. The van der Waals surface area contributed by atoms with Gasteiger partial charge in [0, 0.05) is 105 Å². The standard InChI is InChI=1S/2C26H38N2O3P.C24H34N2OP.C2H6O.3Ag.BF3.FH.O/c2*1-9-30-32(29,31-10-2)16-24-15-27(25-20(5)11-18(3)12-21(25)6)17-28(24)26-22(7)13-19(4)14-23(26)8;1-16-9-18(3)23(19(4)10-16)25-13-22(14-28(7,8)27)26(15-25)24-20(5)11-17(2)12-21(24)6;1-2-3;;;;2-1(3)4;;/h2*11-14,17,24H,9-10,15-16H2,1-8H3;9-12,15,22H,13-14H2,1-8H3;3H,2H2,1H3;;;;;1H;/q-1;+1;-1;;;;;;;/p-1. The molecule has 6 aromatic rings. The molecule has 3 aliphatic rings. The van der Waals surface area contributed by atoms with Crippen LogP contribution in [0.3, 0.4) is 0 Å². The molecule has 2 fully saturated rings. The molecule has 0 bridgehead atoms. The Kier molecular flexibility index (Phi) is 42.4. The van der Waals surface area contributed by atoms with Crippen LogP contribution in [0.2, 0.25) is 0 Å². The second kappa shape index (κ2) is 44.8. The summed E-state index contributed by atoms with van der Waals surface area (Å²) in [5, 5.41) is 7.57. The van der Waals surface area contributed by atoms with Crippen molar-refractivity contribution in [2.75, 3.05) is 109 Å². The Balaban J connectivity index is 0.000000727. The Hall–Kier alpha value is -3.71. The molecule has 0 aliphatic carbocycles. The molecule has 3 aliphatic heterocycles. The quantitative estimate of drug-likeness (QED) is 0.0254. The summed E-state index contributed by atoms with van der Waals surface area (Å²) >= 11 is 1.70. The third-order valence-electron chi connectivity index (χ3n) is 17.5. The molecule has 3 atom stereocenters. The summed E-state index contributed by atoms with van der Waals surface area (Å²) in [6, 6.07) is 26.9. The van der Waals surface area contributed by atoms with Gasteiger partial charge in [0.15, 0.2) is 0 Å². The van der Waals surface area contributed by atoms with Gasteiger partial charge in [0.1, 0.15) is 24.0 Å². The van der Waals surface area contributed by atoms with Crippen molar-refractivity contribution in [3.8, 4) is 0 Å². The molecule has 104 heavy (non-hydrogen) atoms. The number of hydrogen-bond donors (Lipinski definition) is 1. The fourth-order valence-electron chi connectivity index (χ4n) is 15.1. The number of halogens is 4. The second-order valence-corrected chi connectivity index (χ2v) is 35.3. The van der Waals surface area contributed by atoms with Crippen molar-refractivity contribution in [2.45, 2.75) is 177 Å². The van der Waals surface area contributed by atoms with E-state index in [4.69, 9.17) is 26.5 Å². The molecule has 26 heteroatoms. The first-order valence-corrected chi connectivity index (χ1v) is 41.7. The van der Waals surface area contributed by atoms with Crippen LogP contribution < -0.4 is 29.2 Å². The van der Waals surface area contributed by atoms with Gasteiger partial charge in [0.05, 0.1) is 45.9 Å². The summed E-state index contributed by atoms with van der Waals surface area (Å²) in [6.45, 7) is 60.2. The monoisotopic (exact) mass is 1780 g/mol. The summed E-state index contributed by atoms with van der Waals surface area (Å²) in [5.74, 6) is 0. The van der Waals surface area contributed by atoms with Gasteiger partial charge in [0.2, 0.25) is 6.34 Å². The molecule has 1 N–H and O–H groups in total. The summed E-state index contributed by atoms with van der Waals surface area (Å²) in [5.41, 5.74) is 29.9. The van der Waals surface area contributed by atoms with Crippen LogP contribution in [-0.2, 0) is 101 Å². The van der Waals surface area contributed by atoms with E-state index in [1.54, 1.807) is 28.0 Å². The van der Waals surface area contributed by atoms with Gasteiger partial charge in [-0.25, -0.2) is 9.48 Å². The molecule has 0 aromatic heterocycles. The molecule has 2 radical (unpaired) electrons. The number of hydrogen-bond acceptors (Lipinski definition) is 14. The van der Waals surface area contributed by atoms with E-state index in [1.165, 1.54) is 134 Å². The van der Waals surface area contributed by atoms with Crippen LogP contribution in [0.5, 0.6) is 0 Å². The molecule has 15 nitrogen and oxygen atoms in total. The topological polar surface area (TPSA) is 145 Å². The number of nitrogens with zero attached hydrogens (tertiary/aromatic N) is 6. The van der Waals surface area contributed by atoms with Crippen molar-refractivity contribution >= 4 is 70.3 Å². The molecule has 2 saturated heterocycles. The Morgan fingerprint density at radius 2 is 0.673 bits per heavy atom. The Labute approximate surface area is 665 Å². The average Bonchev–Trinajstić information content (AvgIpc) is 1.63. The van der Waals surface area contributed by atoms with Gasteiger partial charge in [-0.1, -0.05) is 106 Å². The number of aliphatic hydroxyl groups is 1. The zero-order valence-corrected chi connectivity index (χ0v) is 73.0. The summed E-state index contributed by atoms with van der Waals surface area (Å²) in [6.07, 6.45) is 3.59. The number of rotatable bonds is 20. The molecule has 593 valence electrons. The number of anilines is 5. The molecular formula is C78H116Ag3BF4N6O9P3-2. The van der Waals surface area contributed by atoms with E-state index in [-0.39, 0.29) is 74.2 Å². The van der Waals surface area contributed by atoms with Gasteiger partial charge in [-0.05, 0) is 239 Å². The third-order valence-corrected chi connectivity index (χ3v) is 23.1. The number of aryl methyl sites for hydroxylation is 18. The SMILES string of the molecule is CCO.CCOP(=O)(CC1CN(c2c(C)cc(C)cc2C)[CH-]N1c1c(C)cc(C)cc1C)OCC.CCOP(=O)(CC1C[N+](c2c(C)cc(C)cc2C)=CN1c1c(C)cc(C)cc1C)OCC.Cc1cc(C)c(N2[CH-]N(c3c(C)cc(C)cc3C)C(CP(C)(C)=O)C2)c(C)c1.FB(F)F.[Ag].[Ag].[F-].[O]=[Ag]. The van der Waals surface area contributed by atoms with Crippen LogP contribution in [0.4, 0.5) is 47.1 Å². The van der Waals surface area contributed by atoms with E-state index in [1.807, 2.05) is 41.0 Å². The fourth-order valence-corrected chi connectivity index (χ4v) is 20.2. The third kappa shape index (κ3) is 27.7. The van der Waals surface area contributed by atoms with Gasteiger partial charge >= 0.3 is 47.0 Å². The van der Waals surface area contributed by atoms with E-state index < -0.39 is 29.9 Å². The molecule has 0 spiro atoms. The van der Waals surface area contributed by atoms with Gasteiger partial charge in [-0.15, -0.1) is 0 Å². The van der Waals surface area contributed by atoms with Crippen LogP contribution in [-0.4, -0.2) is 126 Å². The van der Waals surface area contributed by atoms with Crippen molar-refractivity contribution in [1.82, 2.24) is 0 Å². The number of aliphatic hydroxyl groups excluding tert-OH is 1.